The molecule has 1 nitrogen and oxygen atoms in total. The van der Waals surface area contributed by atoms with Crippen LogP contribution in [0.2, 0.25) is 0 Å². The predicted octanol–water partition coefficient (Wildman–Crippen LogP) is 3.83. The lowest BCUT2D eigenvalue weighted by Crippen LogP contribution is -2.28. The molecule has 0 aliphatic carbocycles. The molecule has 0 radical (unpaired) electrons. The molecule has 0 bridgehead atoms. The van der Waals surface area contributed by atoms with E-state index in [1.807, 2.05) is 0 Å². The van der Waals surface area contributed by atoms with Crippen LogP contribution in [-0.4, -0.2) is 6.04 Å². The summed E-state index contributed by atoms with van der Waals surface area (Å²) in [5, 5.41) is 3.62. The van der Waals surface area contributed by atoms with Gasteiger partial charge in [-0.05, 0) is 32.8 Å². The van der Waals surface area contributed by atoms with Gasteiger partial charge in [-0.15, -0.1) is 0 Å². The Morgan fingerprint density at radius 3 is 2.27 bits per heavy atom. The molecule has 0 fully saturated rings. The Balaban J connectivity index is 2.53. The summed E-state index contributed by atoms with van der Waals surface area (Å²) in [5.74, 6) is 0. The molecule has 0 spiro atoms. The van der Waals surface area contributed by atoms with Gasteiger partial charge in [-0.1, -0.05) is 43.2 Å². The first-order chi connectivity index (χ1) is 7.13. The topological polar surface area (TPSA) is 12.0 Å². The van der Waals surface area contributed by atoms with Crippen molar-refractivity contribution in [2.45, 2.75) is 52.6 Å². The molecule has 0 saturated carbocycles. The van der Waals surface area contributed by atoms with Gasteiger partial charge in [0.2, 0.25) is 0 Å². The van der Waals surface area contributed by atoms with Gasteiger partial charge in [0, 0.05) is 12.1 Å². The summed E-state index contributed by atoms with van der Waals surface area (Å²) in [6.07, 6.45) is 2.49. The highest BCUT2D eigenvalue weighted by atomic mass is 14.9. The fourth-order valence-electron chi connectivity index (χ4n) is 1.89. The van der Waals surface area contributed by atoms with Crippen molar-refractivity contribution in [3.8, 4) is 0 Å². The van der Waals surface area contributed by atoms with Crippen LogP contribution in [0, 0.1) is 6.92 Å². The van der Waals surface area contributed by atoms with Crippen LogP contribution >= 0.6 is 0 Å². The molecule has 0 heterocycles. The van der Waals surface area contributed by atoms with Gasteiger partial charge in [-0.3, -0.25) is 0 Å². The molecule has 1 rings (SSSR count). The fraction of sp³-hybridized carbons (Fsp3) is 0.571. The van der Waals surface area contributed by atoms with Gasteiger partial charge in [0.15, 0.2) is 0 Å². The number of rotatable bonds is 5. The van der Waals surface area contributed by atoms with Crippen molar-refractivity contribution in [3.05, 3.63) is 35.4 Å². The predicted molar refractivity (Wildman–Crippen MR) is 67.1 cm³/mol. The largest absolute Gasteiger partial charge is 0.308 e. The minimum Gasteiger partial charge on any atom is -0.308 e. The lowest BCUT2D eigenvalue weighted by atomic mass is 10.0. The second-order valence-corrected chi connectivity index (χ2v) is 4.49. The van der Waals surface area contributed by atoms with Crippen molar-refractivity contribution < 1.29 is 0 Å². The van der Waals surface area contributed by atoms with Crippen LogP contribution in [0.5, 0.6) is 0 Å². The second-order valence-electron chi connectivity index (χ2n) is 4.49. The quantitative estimate of drug-likeness (QED) is 0.770. The van der Waals surface area contributed by atoms with Crippen LogP contribution in [0.4, 0.5) is 0 Å². The zero-order chi connectivity index (χ0) is 11.3. The molecular formula is C14H23N. The molecule has 0 aromatic heterocycles. The number of hydrogen-bond acceptors (Lipinski definition) is 1. The molecule has 1 N–H and O–H groups in total. The molecule has 15 heavy (non-hydrogen) atoms. The molecular weight excluding hydrogens is 182 g/mol. The smallest absolute Gasteiger partial charge is 0.0294 e. The monoisotopic (exact) mass is 205 g/mol. The maximum absolute atomic E-state index is 3.62. The van der Waals surface area contributed by atoms with Crippen LogP contribution in [0.15, 0.2) is 24.3 Å². The van der Waals surface area contributed by atoms with Crippen molar-refractivity contribution in [2.24, 2.45) is 0 Å². The molecule has 0 aliphatic rings. The van der Waals surface area contributed by atoms with Gasteiger partial charge in [-0.2, -0.15) is 0 Å². The number of nitrogens with one attached hydrogen (secondary N) is 1. The fourth-order valence-corrected chi connectivity index (χ4v) is 1.89. The van der Waals surface area contributed by atoms with E-state index in [1.54, 1.807) is 0 Å². The standard InChI is InChI=1S/C14H23N/c1-5-6-12(3)15-13(4)14-9-7-11(2)8-10-14/h7-10,12-13,15H,5-6H2,1-4H3/t12?,13-/m0/s1. The van der Waals surface area contributed by atoms with Gasteiger partial charge < -0.3 is 5.32 Å². The van der Waals surface area contributed by atoms with E-state index < -0.39 is 0 Å². The minimum absolute atomic E-state index is 0.451. The van der Waals surface area contributed by atoms with Crippen molar-refractivity contribution in [1.82, 2.24) is 5.32 Å². The van der Waals surface area contributed by atoms with E-state index in [4.69, 9.17) is 0 Å². The molecule has 1 aromatic rings. The Bertz CT molecular complexity index is 276. The third-order valence-corrected chi connectivity index (χ3v) is 2.83. The highest BCUT2D eigenvalue weighted by Crippen LogP contribution is 2.14. The molecule has 1 heteroatoms. The van der Waals surface area contributed by atoms with Crippen LogP contribution in [0.25, 0.3) is 0 Å². The van der Waals surface area contributed by atoms with Crippen molar-refractivity contribution in [3.63, 3.8) is 0 Å². The lowest BCUT2D eigenvalue weighted by molar-refractivity contribution is 0.453. The van der Waals surface area contributed by atoms with Crippen LogP contribution < -0.4 is 5.32 Å². The van der Waals surface area contributed by atoms with Gasteiger partial charge in [0.1, 0.15) is 0 Å². The molecule has 1 unspecified atom stereocenters. The summed E-state index contributed by atoms with van der Waals surface area (Å²) in [5.41, 5.74) is 2.70. The average molecular weight is 205 g/mol. The van der Waals surface area contributed by atoms with Crippen molar-refractivity contribution >= 4 is 0 Å². The van der Waals surface area contributed by atoms with E-state index in [1.165, 1.54) is 24.0 Å². The first kappa shape index (κ1) is 12.3. The summed E-state index contributed by atoms with van der Waals surface area (Å²) in [6.45, 7) is 8.85. The Hall–Kier alpha value is -0.820. The van der Waals surface area contributed by atoms with E-state index in [2.05, 4.69) is 57.3 Å². The van der Waals surface area contributed by atoms with Crippen molar-refractivity contribution in [1.29, 1.82) is 0 Å². The third-order valence-electron chi connectivity index (χ3n) is 2.83. The van der Waals surface area contributed by atoms with Crippen LogP contribution in [-0.2, 0) is 0 Å². The molecule has 84 valence electrons. The normalized spacial score (nSPS) is 14.9. The summed E-state index contributed by atoms with van der Waals surface area (Å²) >= 11 is 0. The minimum atomic E-state index is 0.451. The Labute approximate surface area is 93.9 Å². The third kappa shape index (κ3) is 4.05. The van der Waals surface area contributed by atoms with Crippen LogP contribution in [0.3, 0.4) is 0 Å². The second kappa shape index (κ2) is 5.92. The summed E-state index contributed by atoms with van der Waals surface area (Å²) in [7, 11) is 0. The SMILES string of the molecule is CCCC(C)N[C@@H](C)c1ccc(C)cc1. The van der Waals surface area contributed by atoms with Gasteiger partial charge in [0.25, 0.3) is 0 Å². The lowest BCUT2D eigenvalue weighted by Gasteiger charge is -2.20. The van der Waals surface area contributed by atoms with Crippen molar-refractivity contribution in [2.75, 3.05) is 0 Å². The Morgan fingerprint density at radius 2 is 1.73 bits per heavy atom. The zero-order valence-corrected chi connectivity index (χ0v) is 10.4. The van der Waals surface area contributed by atoms with E-state index in [0.717, 1.165) is 0 Å². The first-order valence-electron chi connectivity index (χ1n) is 5.96. The van der Waals surface area contributed by atoms with Gasteiger partial charge in [0.05, 0.1) is 0 Å². The number of hydrogen-bond donors (Lipinski definition) is 1. The maximum Gasteiger partial charge on any atom is 0.0294 e. The van der Waals surface area contributed by atoms with E-state index in [0.29, 0.717) is 12.1 Å². The highest BCUT2D eigenvalue weighted by Gasteiger charge is 2.07. The molecule has 0 amide bonds. The Morgan fingerprint density at radius 1 is 1.13 bits per heavy atom. The van der Waals surface area contributed by atoms with E-state index in [9.17, 15) is 0 Å². The van der Waals surface area contributed by atoms with Gasteiger partial charge in [-0.25, -0.2) is 0 Å². The number of aryl methyl sites for hydroxylation is 1. The summed E-state index contributed by atoms with van der Waals surface area (Å²) < 4.78 is 0. The average Bonchev–Trinajstić information content (AvgIpc) is 2.18. The first-order valence-corrected chi connectivity index (χ1v) is 5.96. The number of benzene rings is 1. The Kier molecular flexibility index (Phi) is 4.83. The van der Waals surface area contributed by atoms with Gasteiger partial charge >= 0.3 is 0 Å². The molecule has 0 saturated heterocycles. The zero-order valence-electron chi connectivity index (χ0n) is 10.4. The van der Waals surface area contributed by atoms with Crippen LogP contribution in [0.1, 0.15) is 50.8 Å². The molecule has 1 aromatic carbocycles. The maximum atomic E-state index is 3.62. The highest BCUT2D eigenvalue weighted by molar-refractivity contribution is 5.23. The molecule has 0 aliphatic heterocycles. The summed E-state index contributed by atoms with van der Waals surface area (Å²) in [6, 6.07) is 9.84. The van der Waals surface area contributed by atoms with E-state index >= 15 is 0 Å². The van der Waals surface area contributed by atoms with E-state index in [-0.39, 0.29) is 0 Å². The molecule has 2 atom stereocenters. The summed E-state index contributed by atoms with van der Waals surface area (Å²) in [4.78, 5) is 0.